The third-order valence-corrected chi connectivity index (χ3v) is 7.82. The number of amides is 3. The minimum Gasteiger partial charge on any atom is -0.321 e. The Hall–Kier alpha value is -4.53. The molecular weight excluding hydrogens is 597 g/mol. The summed E-state index contributed by atoms with van der Waals surface area (Å²) in [5.74, 6) is -0.563. The number of rotatable bonds is 12. The summed E-state index contributed by atoms with van der Waals surface area (Å²) < 4.78 is 4.17. The van der Waals surface area contributed by atoms with E-state index in [-0.39, 0.29) is 28.6 Å². The predicted molar refractivity (Wildman–Crippen MR) is 166 cm³/mol. The molecule has 4 aromatic rings. The highest BCUT2D eigenvalue weighted by Crippen LogP contribution is 2.25. The Morgan fingerprint density at radius 2 is 1.74 bits per heavy atom. The lowest BCUT2D eigenvalue weighted by Crippen LogP contribution is -2.30. The van der Waals surface area contributed by atoms with E-state index in [0.29, 0.717) is 26.4 Å². The molecule has 42 heavy (non-hydrogen) atoms. The largest absolute Gasteiger partial charge is 0.321 e. The first kappa shape index (κ1) is 30.4. The first-order valence-corrected chi connectivity index (χ1v) is 15.2. The van der Waals surface area contributed by atoms with Gasteiger partial charge in [0.25, 0.3) is 17.5 Å². The van der Waals surface area contributed by atoms with E-state index < -0.39 is 16.7 Å². The van der Waals surface area contributed by atoms with Gasteiger partial charge in [-0.3, -0.25) is 29.8 Å². The SMILES string of the molecule is CCSc1nsc(NC(=O)CSc2cccc(NC(=O)/C(=C\c3ccccc3[N+](=O)[O-])NC(=O)c3ccccc3)c2)n1. The molecule has 0 atom stereocenters. The molecule has 0 aliphatic rings. The van der Waals surface area contributed by atoms with Gasteiger partial charge in [0, 0.05) is 33.7 Å². The molecule has 14 heteroatoms. The number of thioether (sulfide) groups is 2. The average molecular weight is 621 g/mol. The second kappa shape index (κ2) is 14.9. The van der Waals surface area contributed by atoms with E-state index in [1.165, 1.54) is 47.8 Å². The predicted octanol–water partition coefficient (Wildman–Crippen LogP) is 5.70. The Labute approximate surface area is 253 Å². The van der Waals surface area contributed by atoms with Crippen molar-refractivity contribution in [2.45, 2.75) is 17.0 Å². The second-order valence-corrected chi connectivity index (χ2v) is 11.4. The minimum atomic E-state index is -0.686. The zero-order chi connectivity index (χ0) is 29.9. The van der Waals surface area contributed by atoms with Crippen molar-refractivity contribution in [1.82, 2.24) is 14.7 Å². The van der Waals surface area contributed by atoms with Gasteiger partial charge in [0.05, 0.1) is 16.2 Å². The number of nitrogens with zero attached hydrogens (tertiary/aromatic N) is 3. The standard InChI is InChI=1S/C28H24N6O5S3/c1-2-40-28-32-27(42-33-28)31-24(35)17-41-21-13-8-12-20(16-21)29-26(37)22(30-25(36)18-9-4-3-5-10-18)15-19-11-6-7-14-23(19)34(38)39/h3-16H,2,17H2,1H3,(H,29,37)(H,30,36)(H,31,32,33,35)/b22-15+. The molecule has 0 aliphatic heterocycles. The van der Waals surface area contributed by atoms with Crippen LogP contribution in [0, 0.1) is 10.1 Å². The van der Waals surface area contributed by atoms with Crippen LogP contribution in [0.15, 0.2) is 94.6 Å². The van der Waals surface area contributed by atoms with E-state index in [1.807, 2.05) is 6.92 Å². The number of benzene rings is 3. The van der Waals surface area contributed by atoms with Crippen molar-refractivity contribution >= 4 is 75.4 Å². The summed E-state index contributed by atoms with van der Waals surface area (Å²) in [6, 6.07) is 21.0. The van der Waals surface area contributed by atoms with Crippen LogP contribution in [-0.4, -0.2) is 43.5 Å². The Bertz CT molecular complexity index is 1630. The number of hydrogen-bond donors (Lipinski definition) is 3. The van der Waals surface area contributed by atoms with Gasteiger partial charge in [-0.15, -0.1) is 11.8 Å². The number of carbonyl (C=O) groups excluding carboxylic acids is 3. The number of nitro groups is 1. The molecule has 3 N–H and O–H groups in total. The van der Waals surface area contributed by atoms with E-state index in [4.69, 9.17) is 0 Å². The van der Waals surface area contributed by atoms with Gasteiger partial charge in [-0.25, -0.2) is 0 Å². The first-order valence-electron chi connectivity index (χ1n) is 12.4. The van der Waals surface area contributed by atoms with Gasteiger partial charge in [0.15, 0.2) is 0 Å². The number of aromatic nitrogens is 2. The van der Waals surface area contributed by atoms with Crippen molar-refractivity contribution in [2.75, 3.05) is 22.1 Å². The highest BCUT2D eigenvalue weighted by molar-refractivity contribution is 8.00. The van der Waals surface area contributed by atoms with Crippen LogP contribution < -0.4 is 16.0 Å². The van der Waals surface area contributed by atoms with E-state index in [0.717, 1.165) is 17.3 Å². The number of anilines is 2. The van der Waals surface area contributed by atoms with E-state index in [9.17, 15) is 24.5 Å². The zero-order valence-corrected chi connectivity index (χ0v) is 24.6. The zero-order valence-electron chi connectivity index (χ0n) is 22.1. The maximum Gasteiger partial charge on any atom is 0.276 e. The lowest BCUT2D eigenvalue weighted by atomic mass is 10.1. The monoisotopic (exact) mass is 620 g/mol. The highest BCUT2D eigenvalue weighted by atomic mass is 32.2. The van der Waals surface area contributed by atoms with Gasteiger partial charge in [0.2, 0.25) is 16.2 Å². The van der Waals surface area contributed by atoms with E-state index in [2.05, 4.69) is 25.3 Å². The molecule has 0 radical (unpaired) electrons. The molecule has 1 heterocycles. The van der Waals surface area contributed by atoms with Gasteiger partial charge < -0.3 is 10.6 Å². The molecule has 0 saturated carbocycles. The summed E-state index contributed by atoms with van der Waals surface area (Å²) in [6.07, 6.45) is 1.26. The minimum absolute atomic E-state index is 0.100. The van der Waals surface area contributed by atoms with Crippen molar-refractivity contribution in [1.29, 1.82) is 0 Å². The van der Waals surface area contributed by atoms with Crippen molar-refractivity contribution in [3.05, 3.63) is 106 Å². The quantitative estimate of drug-likeness (QED) is 0.0782. The van der Waals surface area contributed by atoms with E-state index in [1.54, 1.807) is 60.7 Å². The lowest BCUT2D eigenvalue weighted by molar-refractivity contribution is -0.385. The maximum absolute atomic E-state index is 13.3. The van der Waals surface area contributed by atoms with Crippen LogP contribution in [0.2, 0.25) is 0 Å². The summed E-state index contributed by atoms with van der Waals surface area (Å²) >= 11 is 3.86. The number of hydrogen-bond acceptors (Lipinski definition) is 10. The Balaban J connectivity index is 1.47. The van der Waals surface area contributed by atoms with E-state index >= 15 is 0 Å². The van der Waals surface area contributed by atoms with Crippen molar-refractivity contribution < 1.29 is 19.3 Å². The molecule has 0 aliphatic carbocycles. The van der Waals surface area contributed by atoms with Gasteiger partial charge in [-0.2, -0.15) is 9.36 Å². The molecule has 4 rings (SSSR count). The number of nitrogens with one attached hydrogen (secondary N) is 3. The fraction of sp³-hybridized carbons (Fsp3) is 0.107. The number of para-hydroxylation sites is 1. The van der Waals surface area contributed by atoms with Gasteiger partial charge in [0.1, 0.15) is 5.70 Å². The van der Waals surface area contributed by atoms with Crippen molar-refractivity contribution in [2.24, 2.45) is 0 Å². The topological polar surface area (TPSA) is 156 Å². The molecule has 0 fully saturated rings. The lowest BCUT2D eigenvalue weighted by Gasteiger charge is -2.12. The maximum atomic E-state index is 13.3. The Morgan fingerprint density at radius 3 is 2.50 bits per heavy atom. The smallest absolute Gasteiger partial charge is 0.276 e. The third-order valence-electron chi connectivity index (χ3n) is 5.35. The molecule has 3 amide bonds. The molecule has 0 unspecified atom stereocenters. The van der Waals surface area contributed by atoms with Crippen molar-refractivity contribution in [3.8, 4) is 0 Å². The molecule has 0 spiro atoms. The fourth-order valence-corrected chi connectivity index (χ4v) is 5.53. The van der Waals surface area contributed by atoms with Crippen LogP contribution in [0.25, 0.3) is 6.08 Å². The summed E-state index contributed by atoms with van der Waals surface area (Å²) in [5, 5.41) is 20.6. The molecule has 0 bridgehead atoms. The molecule has 0 saturated heterocycles. The average Bonchev–Trinajstić information content (AvgIpc) is 3.43. The van der Waals surface area contributed by atoms with Gasteiger partial charge in [-0.05, 0) is 48.2 Å². The summed E-state index contributed by atoms with van der Waals surface area (Å²) in [7, 11) is 0. The normalized spacial score (nSPS) is 11.0. The fourth-order valence-electron chi connectivity index (χ4n) is 3.49. The van der Waals surface area contributed by atoms with Gasteiger partial charge in [-0.1, -0.05) is 55.1 Å². The van der Waals surface area contributed by atoms with Crippen molar-refractivity contribution in [3.63, 3.8) is 0 Å². The Kier molecular flexibility index (Phi) is 10.8. The van der Waals surface area contributed by atoms with Gasteiger partial charge >= 0.3 is 0 Å². The van der Waals surface area contributed by atoms with Crippen LogP contribution in [0.3, 0.4) is 0 Å². The van der Waals surface area contributed by atoms with Crippen LogP contribution in [0.4, 0.5) is 16.5 Å². The van der Waals surface area contributed by atoms with Crippen LogP contribution in [0.1, 0.15) is 22.8 Å². The van der Waals surface area contributed by atoms with Crippen LogP contribution in [0.5, 0.6) is 0 Å². The second-order valence-electron chi connectivity index (χ2n) is 8.33. The first-order chi connectivity index (χ1) is 20.3. The summed E-state index contributed by atoms with van der Waals surface area (Å²) in [6.45, 7) is 1.99. The molecular formula is C28H24N6O5S3. The molecule has 1 aromatic heterocycles. The Morgan fingerprint density at radius 1 is 0.976 bits per heavy atom. The molecule has 11 nitrogen and oxygen atoms in total. The molecule has 214 valence electrons. The van der Waals surface area contributed by atoms with Crippen LogP contribution in [-0.2, 0) is 9.59 Å². The summed E-state index contributed by atoms with van der Waals surface area (Å²) in [5.41, 5.74) is 0.449. The third kappa shape index (κ3) is 8.73. The van der Waals surface area contributed by atoms with Crippen LogP contribution >= 0.6 is 35.1 Å². The summed E-state index contributed by atoms with van der Waals surface area (Å²) in [4.78, 5) is 54.6. The highest BCUT2D eigenvalue weighted by Gasteiger charge is 2.18. The number of carbonyl (C=O) groups is 3. The number of nitro benzene ring substituents is 1. The molecule has 3 aromatic carbocycles.